The quantitative estimate of drug-likeness (QED) is 0.781. The fourth-order valence-corrected chi connectivity index (χ4v) is 2.91. The number of benzene rings is 1. The number of carbonyl (C=O) groups is 1. The van der Waals surface area contributed by atoms with Crippen molar-refractivity contribution in [3.05, 3.63) is 34.3 Å². The number of hydrogen-bond acceptors (Lipinski definition) is 6. The first-order valence-electron chi connectivity index (χ1n) is 5.19. The third-order valence-electron chi connectivity index (χ3n) is 2.23. The summed E-state index contributed by atoms with van der Waals surface area (Å²) in [6, 6.07) is 7.66. The normalized spacial score (nSPS) is 10.7. The fraction of sp³-hybridized carbons (Fsp3) is 0.0909. The molecule has 90 valence electrons. The third kappa shape index (κ3) is 2.09. The molecule has 2 aromatic heterocycles. The van der Waals surface area contributed by atoms with Crippen LogP contribution in [-0.4, -0.2) is 21.1 Å². The molecule has 0 saturated heterocycles. The molecule has 0 unspecified atom stereocenters. The Kier molecular flexibility index (Phi) is 2.77. The third-order valence-corrected chi connectivity index (χ3v) is 4.02. The van der Waals surface area contributed by atoms with Crippen molar-refractivity contribution in [1.29, 1.82) is 0 Å². The van der Waals surface area contributed by atoms with E-state index >= 15 is 0 Å². The van der Waals surface area contributed by atoms with Gasteiger partial charge in [-0.1, -0.05) is 23.5 Å². The number of amides is 1. The van der Waals surface area contributed by atoms with Crippen LogP contribution in [0.15, 0.2) is 24.3 Å². The number of hydrogen-bond donors (Lipinski definition) is 1. The second-order valence-electron chi connectivity index (χ2n) is 3.57. The van der Waals surface area contributed by atoms with E-state index in [0.717, 1.165) is 15.2 Å². The maximum Gasteiger partial charge on any atom is 0.286 e. The van der Waals surface area contributed by atoms with E-state index in [1.54, 1.807) is 0 Å². The molecule has 1 N–H and O–H groups in total. The number of nitrogens with zero attached hydrogens (tertiary/aromatic N) is 3. The number of aryl methyl sites for hydroxylation is 1. The lowest BCUT2D eigenvalue weighted by atomic mass is 10.3. The Morgan fingerprint density at radius 1 is 1.22 bits per heavy atom. The molecule has 3 rings (SSSR count). The Morgan fingerprint density at radius 2 is 2.06 bits per heavy atom. The SMILES string of the molecule is Cc1nnc(NC(=O)c2nc3ccccc3s2)s1. The highest BCUT2D eigenvalue weighted by molar-refractivity contribution is 7.20. The summed E-state index contributed by atoms with van der Waals surface area (Å²) in [5.74, 6) is -0.243. The summed E-state index contributed by atoms with van der Waals surface area (Å²) in [5, 5.41) is 12.1. The molecule has 0 aliphatic heterocycles. The van der Waals surface area contributed by atoms with Crippen LogP contribution in [-0.2, 0) is 0 Å². The number of nitrogens with one attached hydrogen (secondary N) is 1. The molecular weight excluding hydrogens is 268 g/mol. The van der Waals surface area contributed by atoms with E-state index in [0.29, 0.717) is 10.1 Å². The molecule has 1 amide bonds. The van der Waals surface area contributed by atoms with Crippen LogP contribution in [0.3, 0.4) is 0 Å². The summed E-state index contributed by atoms with van der Waals surface area (Å²) in [7, 11) is 0. The Balaban J connectivity index is 1.87. The van der Waals surface area contributed by atoms with Gasteiger partial charge < -0.3 is 0 Å². The van der Waals surface area contributed by atoms with Gasteiger partial charge >= 0.3 is 0 Å². The van der Waals surface area contributed by atoms with Gasteiger partial charge in [-0.3, -0.25) is 10.1 Å². The molecule has 0 atom stereocenters. The van der Waals surface area contributed by atoms with Crippen molar-refractivity contribution in [2.24, 2.45) is 0 Å². The largest absolute Gasteiger partial charge is 0.294 e. The minimum atomic E-state index is -0.243. The maximum atomic E-state index is 12.0. The lowest BCUT2D eigenvalue weighted by Crippen LogP contribution is -2.11. The number of rotatable bonds is 2. The van der Waals surface area contributed by atoms with Crippen LogP contribution < -0.4 is 5.32 Å². The predicted octanol–water partition coefficient (Wildman–Crippen LogP) is 2.71. The molecule has 0 fully saturated rings. The molecule has 0 saturated carbocycles. The van der Waals surface area contributed by atoms with Crippen LogP contribution in [0, 0.1) is 6.92 Å². The van der Waals surface area contributed by atoms with Crippen molar-refractivity contribution in [2.75, 3.05) is 5.32 Å². The van der Waals surface area contributed by atoms with Gasteiger partial charge in [0.05, 0.1) is 10.2 Å². The van der Waals surface area contributed by atoms with Gasteiger partial charge in [0.2, 0.25) is 5.13 Å². The first-order chi connectivity index (χ1) is 8.72. The first kappa shape index (κ1) is 11.2. The van der Waals surface area contributed by atoms with Crippen LogP contribution >= 0.6 is 22.7 Å². The van der Waals surface area contributed by atoms with E-state index in [-0.39, 0.29) is 5.91 Å². The van der Waals surface area contributed by atoms with Crippen molar-refractivity contribution in [3.63, 3.8) is 0 Å². The molecule has 0 radical (unpaired) electrons. The Labute approximate surface area is 111 Å². The van der Waals surface area contributed by atoms with Crippen LogP contribution in [0.4, 0.5) is 5.13 Å². The number of aromatic nitrogens is 3. The molecule has 7 heteroatoms. The number of thiazole rings is 1. The Hall–Kier alpha value is -1.86. The number of para-hydroxylation sites is 1. The monoisotopic (exact) mass is 276 g/mol. The number of carbonyl (C=O) groups excluding carboxylic acids is 1. The Morgan fingerprint density at radius 3 is 2.78 bits per heavy atom. The summed E-state index contributed by atoms with van der Waals surface area (Å²) < 4.78 is 0.996. The summed E-state index contributed by atoms with van der Waals surface area (Å²) in [4.78, 5) is 16.2. The lowest BCUT2D eigenvalue weighted by molar-refractivity contribution is 0.102. The van der Waals surface area contributed by atoms with Gasteiger partial charge in [-0.05, 0) is 19.1 Å². The summed E-state index contributed by atoms with van der Waals surface area (Å²) in [5.41, 5.74) is 0.834. The van der Waals surface area contributed by atoms with Crippen LogP contribution in [0.1, 0.15) is 14.8 Å². The maximum absolute atomic E-state index is 12.0. The van der Waals surface area contributed by atoms with E-state index in [4.69, 9.17) is 0 Å². The van der Waals surface area contributed by atoms with Gasteiger partial charge in [0.15, 0.2) is 5.01 Å². The van der Waals surface area contributed by atoms with Crippen molar-refractivity contribution in [2.45, 2.75) is 6.92 Å². The molecule has 0 bridgehead atoms. The van der Waals surface area contributed by atoms with Gasteiger partial charge in [0.1, 0.15) is 5.01 Å². The van der Waals surface area contributed by atoms with Crippen LogP contribution in [0.25, 0.3) is 10.2 Å². The minimum Gasteiger partial charge on any atom is -0.294 e. The lowest BCUT2D eigenvalue weighted by Gasteiger charge is -1.94. The molecule has 0 aliphatic rings. The highest BCUT2D eigenvalue weighted by Gasteiger charge is 2.13. The van der Waals surface area contributed by atoms with E-state index in [1.807, 2.05) is 31.2 Å². The molecule has 5 nitrogen and oxygen atoms in total. The molecule has 1 aromatic carbocycles. The number of fused-ring (bicyclic) bond motifs is 1. The van der Waals surface area contributed by atoms with Gasteiger partial charge in [0.25, 0.3) is 5.91 Å². The standard InChI is InChI=1S/C11H8N4OS2/c1-6-14-15-11(17-6)13-9(16)10-12-7-4-2-3-5-8(7)18-10/h2-5H,1H3,(H,13,15,16). The molecule has 18 heavy (non-hydrogen) atoms. The molecule has 3 aromatic rings. The molecule has 0 aliphatic carbocycles. The van der Waals surface area contributed by atoms with Crippen molar-refractivity contribution < 1.29 is 4.79 Å². The topological polar surface area (TPSA) is 67.8 Å². The first-order valence-corrected chi connectivity index (χ1v) is 6.83. The van der Waals surface area contributed by atoms with Gasteiger partial charge in [-0.25, -0.2) is 4.98 Å². The summed E-state index contributed by atoms with van der Waals surface area (Å²) >= 11 is 2.71. The van der Waals surface area contributed by atoms with E-state index in [9.17, 15) is 4.79 Å². The fourth-order valence-electron chi connectivity index (χ4n) is 1.47. The zero-order chi connectivity index (χ0) is 12.5. The van der Waals surface area contributed by atoms with E-state index in [1.165, 1.54) is 22.7 Å². The van der Waals surface area contributed by atoms with E-state index in [2.05, 4.69) is 20.5 Å². The van der Waals surface area contributed by atoms with Gasteiger partial charge in [-0.2, -0.15) is 0 Å². The van der Waals surface area contributed by atoms with Crippen LogP contribution in [0.5, 0.6) is 0 Å². The molecular formula is C11H8N4OS2. The zero-order valence-electron chi connectivity index (χ0n) is 9.38. The van der Waals surface area contributed by atoms with Crippen molar-refractivity contribution >= 4 is 43.9 Å². The van der Waals surface area contributed by atoms with Gasteiger partial charge in [-0.15, -0.1) is 21.5 Å². The highest BCUT2D eigenvalue weighted by atomic mass is 32.1. The average molecular weight is 276 g/mol. The van der Waals surface area contributed by atoms with Crippen LogP contribution in [0.2, 0.25) is 0 Å². The summed E-state index contributed by atoms with van der Waals surface area (Å²) in [6.07, 6.45) is 0. The summed E-state index contributed by atoms with van der Waals surface area (Å²) in [6.45, 7) is 1.84. The van der Waals surface area contributed by atoms with Gasteiger partial charge in [0, 0.05) is 0 Å². The number of anilines is 1. The molecule has 0 spiro atoms. The van der Waals surface area contributed by atoms with E-state index < -0.39 is 0 Å². The smallest absolute Gasteiger partial charge is 0.286 e. The second kappa shape index (κ2) is 4.43. The average Bonchev–Trinajstić information content (AvgIpc) is 2.95. The Bertz CT molecular complexity index is 685. The predicted molar refractivity (Wildman–Crippen MR) is 72.2 cm³/mol. The second-order valence-corrected chi connectivity index (χ2v) is 5.78. The minimum absolute atomic E-state index is 0.243. The molecule has 2 heterocycles. The van der Waals surface area contributed by atoms with Crippen molar-refractivity contribution in [3.8, 4) is 0 Å². The zero-order valence-corrected chi connectivity index (χ0v) is 11.0. The van der Waals surface area contributed by atoms with Crippen molar-refractivity contribution in [1.82, 2.24) is 15.2 Å². The highest BCUT2D eigenvalue weighted by Crippen LogP contribution is 2.23.